The summed E-state index contributed by atoms with van der Waals surface area (Å²) in [6.45, 7) is 7.00. The topological polar surface area (TPSA) is 84.3 Å². The lowest BCUT2D eigenvalue weighted by atomic mass is 9.97. The number of carbonyl (C=O) groups excluding carboxylic acids is 1. The average Bonchev–Trinajstić information content (AvgIpc) is 3.52. The second kappa shape index (κ2) is 8.74. The van der Waals surface area contributed by atoms with Crippen molar-refractivity contribution in [2.45, 2.75) is 63.3 Å². The minimum atomic E-state index is -3.54. The number of benzene rings is 1. The Labute approximate surface area is 184 Å². The van der Waals surface area contributed by atoms with Gasteiger partial charge in [0.1, 0.15) is 5.82 Å². The maximum Gasteiger partial charge on any atom is 0.243 e. The van der Waals surface area contributed by atoms with Crippen molar-refractivity contribution < 1.29 is 13.2 Å². The highest BCUT2D eigenvalue weighted by atomic mass is 32.2. The summed E-state index contributed by atoms with van der Waals surface area (Å²) < 4.78 is 29.4. The molecule has 0 bridgehead atoms. The third kappa shape index (κ3) is 4.70. The van der Waals surface area contributed by atoms with E-state index in [1.165, 1.54) is 17.1 Å². The Morgan fingerprint density at radius 2 is 1.68 bits per heavy atom. The van der Waals surface area contributed by atoms with Crippen molar-refractivity contribution in [2.75, 3.05) is 18.4 Å². The molecule has 1 unspecified atom stereocenters. The van der Waals surface area contributed by atoms with Crippen molar-refractivity contribution in [1.82, 2.24) is 14.1 Å². The van der Waals surface area contributed by atoms with E-state index in [0.717, 1.165) is 11.4 Å². The number of aromatic nitrogens is 2. The standard InChI is InChI=1S/C23H32N4O3S/c1-16(2)18-6-8-21(9-7-18)31(29,30)26-14-11-20(12-15-26)23(28)25-22-10-13-24-27(22)17(3)19-4-5-19/h6-10,13,16-17,19-20H,4-5,11-12,14-15H2,1-3H3,(H,25,28). The number of nitrogens with zero attached hydrogens (tertiary/aromatic N) is 3. The van der Waals surface area contributed by atoms with Crippen molar-refractivity contribution >= 4 is 21.7 Å². The fourth-order valence-electron chi connectivity index (χ4n) is 4.28. The van der Waals surface area contributed by atoms with Gasteiger partial charge in [-0.2, -0.15) is 9.40 Å². The molecule has 0 radical (unpaired) electrons. The van der Waals surface area contributed by atoms with Crippen LogP contribution in [0.2, 0.25) is 0 Å². The summed E-state index contributed by atoms with van der Waals surface area (Å²) in [6.07, 6.45) is 5.17. The number of amides is 1. The van der Waals surface area contributed by atoms with Gasteiger partial charge in [-0.25, -0.2) is 13.1 Å². The van der Waals surface area contributed by atoms with Crippen LogP contribution in [0.1, 0.15) is 64.0 Å². The highest BCUT2D eigenvalue weighted by Crippen LogP contribution is 2.40. The van der Waals surface area contributed by atoms with Crippen LogP contribution in [0.3, 0.4) is 0 Å². The lowest BCUT2D eigenvalue weighted by Crippen LogP contribution is -2.41. The first-order chi connectivity index (χ1) is 14.8. The minimum absolute atomic E-state index is 0.0527. The molecule has 2 aliphatic rings. The van der Waals surface area contributed by atoms with E-state index in [4.69, 9.17) is 0 Å². The smallest absolute Gasteiger partial charge is 0.243 e. The zero-order chi connectivity index (χ0) is 22.2. The summed E-state index contributed by atoms with van der Waals surface area (Å²) in [6, 6.07) is 9.24. The maximum atomic E-state index is 13.0. The van der Waals surface area contributed by atoms with E-state index in [1.54, 1.807) is 18.3 Å². The number of anilines is 1. The van der Waals surface area contributed by atoms with Gasteiger partial charge in [0.15, 0.2) is 0 Å². The predicted molar refractivity (Wildman–Crippen MR) is 120 cm³/mol. The first kappa shape index (κ1) is 22.0. The Morgan fingerprint density at radius 1 is 1.03 bits per heavy atom. The van der Waals surface area contributed by atoms with E-state index >= 15 is 0 Å². The van der Waals surface area contributed by atoms with Crippen LogP contribution in [0.5, 0.6) is 0 Å². The Kier molecular flexibility index (Phi) is 6.21. The molecule has 1 aliphatic heterocycles. The summed E-state index contributed by atoms with van der Waals surface area (Å²) in [5.74, 6) is 1.47. The summed E-state index contributed by atoms with van der Waals surface area (Å²) in [5.41, 5.74) is 1.12. The number of piperidine rings is 1. The molecule has 31 heavy (non-hydrogen) atoms. The summed E-state index contributed by atoms with van der Waals surface area (Å²) >= 11 is 0. The van der Waals surface area contributed by atoms with Crippen molar-refractivity contribution in [3.63, 3.8) is 0 Å². The molecule has 2 aromatic rings. The predicted octanol–water partition coefficient (Wildman–Crippen LogP) is 4.02. The highest BCUT2D eigenvalue weighted by Gasteiger charge is 2.34. The van der Waals surface area contributed by atoms with Gasteiger partial charge < -0.3 is 5.32 Å². The molecule has 7 nitrogen and oxygen atoms in total. The van der Waals surface area contributed by atoms with Gasteiger partial charge in [-0.15, -0.1) is 0 Å². The van der Waals surface area contributed by atoms with E-state index in [9.17, 15) is 13.2 Å². The van der Waals surface area contributed by atoms with Gasteiger partial charge in [-0.1, -0.05) is 26.0 Å². The SMILES string of the molecule is CC(C)c1ccc(S(=O)(=O)N2CCC(C(=O)Nc3ccnn3C(C)C3CC3)CC2)cc1. The van der Waals surface area contributed by atoms with E-state index in [-0.39, 0.29) is 17.9 Å². The third-order valence-electron chi connectivity index (χ3n) is 6.62. The van der Waals surface area contributed by atoms with Gasteiger partial charge in [0.05, 0.1) is 17.1 Å². The second-order valence-electron chi connectivity index (χ2n) is 9.13. The van der Waals surface area contributed by atoms with Crippen LogP contribution in [0.25, 0.3) is 0 Å². The normalized spacial score (nSPS) is 19.5. The molecule has 0 spiro atoms. The molecule has 4 rings (SSSR count). The fourth-order valence-corrected chi connectivity index (χ4v) is 5.75. The molecule has 2 fully saturated rings. The van der Waals surface area contributed by atoms with Gasteiger partial charge in [-0.3, -0.25) is 4.79 Å². The van der Waals surface area contributed by atoms with Crippen LogP contribution in [-0.2, 0) is 14.8 Å². The Morgan fingerprint density at radius 3 is 2.26 bits per heavy atom. The molecule has 1 aliphatic carbocycles. The Bertz CT molecular complexity index is 1020. The van der Waals surface area contributed by atoms with E-state index in [2.05, 4.69) is 31.2 Å². The molecule has 1 N–H and O–H groups in total. The number of sulfonamides is 1. The van der Waals surface area contributed by atoms with E-state index in [1.807, 2.05) is 22.9 Å². The van der Waals surface area contributed by atoms with Gasteiger partial charge in [-0.05, 0) is 62.1 Å². The summed E-state index contributed by atoms with van der Waals surface area (Å²) in [7, 11) is -3.54. The quantitative estimate of drug-likeness (QED) is 0.699. The van der Waals surface area contributed by atoms with Gasteiger partial charge >= 0.3 is 0 Å². The molecule has 1 saturated heterocycles. The van der Waals surface area contributed by atoms with Crippen molar-refractivity contribution in [2.24, 2.45) is 11.8 Å². The molecule has 1 atom stereocenters. The number of hydrogen-bond acceptors (Lipinski definition) is 4. The zero-order valence-corrected chi connectivity index (χ0v) is 19.3. The Balaban J connectivity index is 1.36. The lowest BCUT2D eigenvalue weighted by Gasteiger charge is -2.30. The van der Waals surface area contributed by atoms with Crippen molar-refractivity contribution in [3.8, 4) is 0 Å². The van der Waals surface area contributed by atoms with E-state index in [0.29, 0.717) is 42.7 Å². The largest absolute Gasteiger partial charge is 0.311 e. The first-order valence-corrected chi connectivity index (χ1v) is 12.7. The molecular formula is C23H32N4O3S. The van der Waals surface area contributed by atoms with Gasteiger partial charge in [0.2, 0.25) is 15.9 Å². The van der Waals surface area contributed by atoms with Crippen LogP contribution in [0.4, 0.5) is 5.82 Å². The highest BCUT2D eigenvalue weighted by molar-refractivity contribution is 7.89. The van der Waals surface area contributed by atoms with Crippen molar-refractivity contribution in [1.29, 1.82) is 0 Å². The molecule has 8 heteroatoms. The molecule has 1 amide bonds. The minimum Gasteiger partial charge on any atom is -0.311 e. The zero-order valence-electron chi connectivity index (χ0n) is 18.5. The molecule has 1 aromatic carbocycles. The van der Waals surface area contributed by atoms with Crippen LogP contribution in [0.15, 0.2) is 41.4 Å². The number of rotatable bonds is 7. The molecule has 2 heterocycles. The van der Waals surface area contributed by atoms with Crippen molar-refractivity contribution in [3.05, 3.63) is 42.1 Å². The van der Waals surface area contributed by atoms with Crippen LogP contribution >= 0.6 is 0 Å². The summed E-state index contributed by atoms with van der Waals surface area (Å²) in [4.78, 5) is 13.2. The number of hydrogen-bond donors (Lipinski definition) is 1. The summed E-state index contributed by atoms with van der Waals surface area (Å²) in [5, 5.41) is 7.40. The first-order valence-electron chi connectivity index (χ1n) is 11.2. The van der Waals surface area contributed by atoms with Gasteiger partial charge in [0, 0.05) is 25.1 Å². The second-order valence-corrected chi connectivity index (χ2v) is 11.1. The Hall–Kier alpha value is -2.19. The van der Waals surface area contributed by atoms with Gasteiger partial charge in [0.25, 0.3) is 0 Å². The van der Waals surface area contributed by atoms with Crippen LogP contribution in [-0.4, -0.2) is 41.5 Å². The molecular weight excluding hydrogens is 412 g/mol. The number of nitrogens with one attached hydrogen (secondary N) is 1. The molecule has 1 saturated carbocycles. The monoisotopic (exact) mass is 444 g/mol. The van der Waals surface area contributed by atoms with Crippen LogP contribution in [0, 0.1) is 11.8 Å². The van der Waals surface area contributed by atoms with Crippen LogP contribution < -0.4 is 5.32 Å². The number of carbonyl (C=O) groups is 1. The average molecular weight is 445 g/mol. The fraction of sp³-hybridized carbons (Fsp3) is 0.565. The maximum absolute atomic E-state index is 13.0. The lowest BCUT2D eigenvalue weighted by molar-refractivity contribution is -0.121. The molecule has 168 valence electrons. The third-order valence-corrected chi connectivity index (χ3v) is 8.53. The molecule has 1 aromatic heterocycles. The van der Waals surface area contributed by atoms with E-state index < -0.39 is 10.0 Å².